The quantitative estimate of drug-likeness (QED) is 0.158. The van der Waals surface area contributed by atoms with Gasteiger partial charge in [0.05, 0.1) is 4.90 Å². The van der Waals surface area contributed by atoms with Gasteiger partial charge >= 0.3 is 0 Å². The normalized spacial score (nSPS) is 11.9. The standard InChI is InChI=1S/C28H43ClO2S/c1-2-3-4-5-6-7-8-9-10-11-12-13-14-15-16-17-21-26-24-23-25-20-18-19-22-27(25)28(26)32(29,30)31/h18-20,22-24H,2-17,21H2,1H3. The molecule has 0 aliphatic carbocycles. The number of hydrogen-bond donors (Lipinski definition) is 0. The summed E-state index contributed by atoms with van der Waals surface area (Å²) in [6.07, 6.45) is 22.2. The van der Waals surface area contributed by atoms with Crippen LogP contribution in [0.25, 0.3) is 10.8 Å². The van der Waals surface area contributed by atoms with Crippen molar-refractivity contribution in [3.8, 4) is 0 Å². The monoisotopic (exact) mass is 478 g/mol. The van der Waals surface area contributed by atoms with Gasteiger partial charge in [-0.15, -0.1) is 0 Å². The van der Waals surface area contributed by atoms with Crippen LogP contribution >= 0.6 is 10.7 Å². The molecule has 4 heteroatoms. The molecule has 0 bridgehead atoms. The Morgan fingerprint density at radius 1 is 0.625 bits per heavy atom. The Bertz CT molecular complexity index is 876. The summed E-state index contributed by atoms with van der Waals surface area (Å²) in [5, 5.41) is 1.65. The van der Waals surface area contributed by atoms with Crippen molar-refractivity contribution in [2.75, 3.05) is 0 Å². The molecule has 32 heavy (non-hydrogen) atoms. The zero-order valence-corrected chi connectivity index (χ0v) is 21.7. The van der Waals surface area contributed by atoms with Crippen molar-refractivity contribution >= 4 is 30.5 Å². The fraction of sp³-hybridized carbons (Fsp3) is 0.643. The molecule has 2 aromatic rings. The van der Waals surface area contributed by atoms with Crippen molar-refractivity contribution < 1.29 is 8.42 Å². The highest BCUT2D eigenvalue weighted by Gasteiger charge is 2.19. The van der Waals surface area contributed by atoms with Crippen LogP contribution in [0.2, 0.25) is 0 Å². The molecule has 0 radical (unpaired) electrons. The van der Waals surface area contributed by atoms with Crippen LogP contribution in [-0.4, -0.2) is 8.42 Å². The maximum atomic E-state index is 12.2. The van der Waals surface area contributed by atoms with Gasteiger partial charge in [0.1, 0.15) is 0 Å². The number of aryl methyl sites for hydroxylation is 1. The van der Waals surface area contributed by atoms with E-state index in [1.807, 2.05) is 36.4 Å². The molecule has 0 aromatic heterocycles. The van der Waals surface area contributed by atoms with Crippen molar-refractivity contribution in [2.45, 2.75) is 121 Å². The van der Waals surface area contributed by atoms with Gasteiger partial charge in [0, 0.05) is 16.1 Å². The maximum absolute atomic E-state index is 12.2. The fourth-order valence-corrected chi connectivity index (χ4v) is 6.11. The number of halogens is 1. The van der Waals surface area contributed by atoms with Crippen LogP contribution in [0.4, 0.5) is 0 Å². The van der Waals surface area contributed by atoms with Gasteiger partial charge in [-0.05, 0) is 23.8 Å². The molecule has 0 aliphatic rings. The lowest BCUT2D eigenvalue weighted by Gasteiger charge is -2.11. The van der Waals surface area contributed by atoms with Gasteiger partial charge < -0.3 is 0 Å². The topological polar surface area (TPSA) is 34.1 Å². The average molecular weight is 479 g/mol. The van der Waals surface area contributed by atoms with Crippen LogP contribution in [0.3, 0.4) is 0 Å². The minimum Gasteiger partial charge on any atom is -0.207 e. The molecule has 0 amide bonds. The smallest absolute Gasteiger partial charge is 0.207 e. The van der Waals surface area contributed by atoms with Gasteiger partial charge in [0.25, 0.3) is 9.05 Å². The number of unbranched alkanes of at least 4 members (excludes halogenated alkanes) is 15. The molecule has 0 fully saturated rings. The van der Waals surface area contributed by atoms with Crippen LogP contribution < -0.4 is 0 Å². The van der Waals surface area contributed by atoms with E-state index in [0.717, 1.165) is 35.6 Å². The Kier molecular flexibility index (Phi) is 13.4. The molecule has 2 rings (SSSR count). The van der Waals surface area contributed by atoms with Gasteiger partial charge in [-0.1, -0.05) is 140 Å². The summed E-state index contributed by atoms with van der Waals surface area (Å²) in [7, 11) is 2.03. The molecule has 0 unspecified atom stereocenters. The molecule has 2 aromatic carbocycles. The minimum absolute atomic E-state index is 0.304. The first-order chi connectivity index (χ1) is 15.5. The van der Waals surface area contributed by atoms with E-state index in [1.54, 1.807) is 0 Å². The van der Waals surface area contributed by atoms with E-state index >= 15 is 0 Å². The molecule has 0 N–H and O–H groups in total. The predicted molar refractivity (Wildman–Crippen MR) is 140 cm³/mol. The fourth-order valence-electron chi connectivity index (χ4n) is 4.64. The molecular formula is C28H43ClO2S. The summed E-state index contributed by atoms with van der Waals surface area (Å²) in [5.74, 6) is 0. The highest BCUT2D eigenvalue weighted by Crippen LogP contribution is 2.30. The Balaban J connectivity index is 1.54. The zero-order valence-electron chi connectivity index (χ0n) is 20.1. The third kappa shape index (κ3) is 10.3. The summed E-state index contributed by atoms with van der Waals surface area (Å²) in [6.45, 7) is 2.28. The third-order valence-corrected chi connectivity index (χ3v) is 7.94. The van der Waals surface area contributed by atoms with E-state index in [4.69, 9.17) is 10.7 Å². The van der Waals surface area contributed by atoms with Crippen molar-refractivity contribution in [1.82, 2.24) is 0 Å². The van der Waals surface area contributed by atoms with E-state index < -0.39 is 9.05 Å². The SMILES string of the molecule is CCCCCCCCCCCCCCCCCCc1ccc2ccccc2c1S(=O)(=O)Cl. The Morgan fingerprint density at radius 2 is 1.09 bits per heavy atom. The first kappa shape index (κ1) is 27.2. The summed E-state index contributed by atoms with van der Waals surface area (Å²) < 4.78 is 24.4. The van der Waals surface area contributed by atoms with Crippen LogP contribution in [0, 0.1) is 0 Å². The second-order valence-corrected chi connectivity index (χ2v) is 11.8. The average Bonchev–Trinajstić information content (AvgIpc) is 2.77. The molecule has 0 aliphatic heterocycles. The Hall–Kier alpha value is -1.06. The van der Waals surface area contributed by atoms with Crippen LogP contribution in [0.5, 0.6) is 0 Å². The number of benzene rings is 2. The molecule has 0 saturated heterocycles. The minimum atomic E-state index is -3.76. The zero-order chi connectivity index (χ0) is 23.1. The van der Waals surface area contributed by atoms with Crippen LogP contribution in [-0.2, 0) is 15.5 Å². The Morgan fingerprint density at radius 3 is 1.59 bits per heavy atom. The lowest BCUT2D eigenvalue weighted by atomic mass is 10.0. The molecule has 2 nitrogen and oxygen atoms in total. The van der Waals surface area contributed by atoms with Gasteiger partial charge in [-0.3, -0.25) is 0 Å². The summed E-state index contributed by atoms with van der Waals surface area (Å²) in [4.78, 5) is 0.304. The largest absolute Gasteiger partial charge is 0.262 e. The predicted octanol–water partition coefficient (Wildman–Crippen LogP) is 9.57. The molecule has 0 spiro atoms. The number of fused-ring (bicyclic) bond motifs is 1. The second kappa shape index (κ2) is 15.7. The van der Waals surface area contributed by atoms with Crippen LogP contribution in [0.15, 0.2) is 41.3 Å². The van der Waals surface area contributed by atoms with Crippen LogP contribution in [0.1, 0.15) is 115 Å². The first-order valence-electron chi connectivity index (χ1n) is 13.0. The highest BCUT2D eigenvalue weighted by atomic mass is 35.7. The van der Waals surface area contributed by atoms with Gasteiger partial charge in [-0.2, -0.15) is 0 Å². The van der Waals surface area contributed by atoms with E-state index in [1.165, 1.54) is 89.9 Å². The van der Waals surface area contributed by atoms with Crippen molar-refractivity contribution in [3.05, 3.63) is 42.0 Å². The summed E-state index contributed by atoms with van der Waals surface area (Å²) >= 11 is 0. The number of rotatable bonds is 18. The van der Waals surface area contributed by atoms with Gasteiger partial charge in [0.2, 0.25) is 0 Å². The lowest BCUT2D eigenvalue weighted by molar-refractivity contribution is 0.529. The van der Waals surface area contributed by atoms with E-state index in [9.17, 15) is 8.42 Å². The first-order valence-corrected chi connectivity index (χ1v) is 15.3. The molecular weight excluding hydrogens is 436 g/mol. The molecule has 0 atom stereocenters. The molecule has 0 saturated carbocycles. The third-order valence-electron chi connectivity index (χ3n) is 6.50. The summed E-state index contributed by atoms with van der Waals surface area (Å²) in [6, 6.07) is 11.5. The molecule has 0 heterocycles. The molecule has 180 valence electrons. The second-order valence-electron chi connectivity index (χ2n) is 9.27. The van der Waals surface area contributed by atoms with E-state index in [0.29, 0.717) is 4.90 Å². The maximum Gasteiger partial charge on any atom is 0.262 e. The summed E-state index contributed by atoms with van der Waals surface area (Å²) in [5.41, 5.74) is 0.851. The van der Waals surface area contributed by atoms with Crippen molar-refractivity contribution in [3.63, 3.8) is 0 Å². The van der Waals surface area contributed by atoms with Crippen molar-refractivity contribution in [1.29, 1.82) is 0 Å². The number of hydrogen-bond acceptors (Lipinski definition) is 2. The Labute approximate surface area is 201 Å². The van der Waals surface area contributed by atoms with E-state index in [2.05, 4.69) is 6.92 Å². The van der Waals surface area contributed by atoms with Crippen molar-refractivity contribution in [2.24, 2.45) is 0 Å². The van der Waals surface area contributed by atoms with Gasteiger partial charge in [0.15, 0.2) is 0 Å². The van der Waals surface area contributed by atoms with E-state index in [-0.39, 0.29) is 0 Å². The lowest BCUT2D eigenvalue weighted by Crippen LogP contribution is -2.00. The van der Waals surface area contributed by atoms with Gasteiger partial charge in [-0.25, -0.2) is 8.42 Å². The highest BCUT2D eigenvalue weighted by molar-refractivity contribution is 8.14.